The largest absolute Gasteiger partial charge is 0.309 e. The SMILES string of the molecule is CC1=CC[C@H](CN(CCCN(C)C)C[C@H]2CC=C(C)CC2)CC1. The number of hydrogen-bond donors (Lipinski definition) is 0. The van der Waals surface area contributed by atoms with Gasteiger partial charge in [0.1, 0.15) is 0 Å². The van der Waals surface area contributed by atoms with Crippen molar-refractivity contribution in [3.8, 4) is 0 Å². The monoisotopic (exact) mass is 318 g/mol. The lowest BCUT2D eigenvalue weighted by Gasteiger charge is -2.33. The van der Waals surface area contributed by atoms with Gasteiger partial charge in [0, 0.05) is 13.1 Å². The van der Waals surface area contributed by atoms with Crippen molar-refractivity contribution >= 4 is 0 Å². The Kier molecular flexibility index (Phi) is 7.85. The molecule has 0 aromatic heterocycles. The van der Waals surface area contributed by atoms with Gasteiger partial charge in [-0.25, -0.2) is 0 Å². The standard InChI is InChI=1S/C21H38N2/c1-18-6-10-20(11-7-18)16-23(15-5-14-22(3)4)17-21-12-8-19(2)9-13-21/h6,8,20-21H,5,7,9-17H2,1-4H3/t20-,21-/m0/s1. The molecule has 2 rings (SSSR count). The highest BCUT2D eigenvalue weighted by atomic mass is 15.1. The fourth-order valence-electron chi connectivity index (χ4n) is 3.97. The Bertz CT molecular complexity index is 376. The van der Waals surface area contributed by atoms with Crippen LogP contribution >= 0.6 is 0 Å². The van der Waals surface area contributed by atoms with Gasteiger partial charge in [0.25, 0.3) is 0 Å². The highest BCUT2D eigenvalue weighted by Crippen LogP contribution is 2.27. The summed E-state index contributed by atoms with van der Waals surface area (Å²) in [5, 5.41) is 0. The van der Waals surface area contributed by atoms with E-state index in [2.05, 4.69) is 49.9 Å². The van der Waals surface area contributed by atoms with Crippen LogP contribution in [0.1, 0.15) is 58.8 Å². The number of rotatable bonds is 8. The minimum atomic E-state index is 0.888. The Morgan fingerprint density at radius 1 is 0.870 bits per heavy atom. The summed E-state index contributed by atoms with van der Waals surface area (Å²) < 4.78 is 0. The van der Waals surface area contributed by atoms with E-state index < -0.39 is 0 Å². The van der Waals surface area contributed by atoms with Crippen LogP contribution in [0.5, 0.6) is 0 Å². The molecule has 0 spiro atoms. The van der Waals surface area contributed by atoms with Gasteiger partial charge in [0.15, 0.2) is 0 Å². The Balaban J connectivity index is 1.83. The van der Waals surface area contributed by atoms with E-state index >= 15 is 0 Å². The van der Waals surface area contributed by atoms with Gasteiger partial charge in [0.2, 0.25) is 0 Å². The Labute approximate surface area is 144 Å². The first-order valence-electron chi connectivity index (χ1n) is 9.71. The Hall–Kier alpha value is -0.600. The predicted molar refractivity (Wildman–Crippen MR) is 102 cm³/mol. The van der Waals surface area contributed by atoms with Gasteiger partial charge in [-0.3, -0.25) is 0 Å². The van der Waals surface area contributed by atoms with Crippen LogP contribution in [-0.2, 0) is 0 Å². The molecule has 0 heterocycles. The molecule has 0 aromatic carbocycles. The average Bonchev–Trinajstić information content (AvgIpc) is 2.51. The van der Waals surface area contributed by atoms with Crippen molar-refractivity contribution < 1.29 is 0 Å². The zero-order valence-electron chi connectivity index (χ0n) is 16.0. The molecular formula is C21H38N2. The van der Waals surface area contributed by atoms with Crippen LogP contribution in [0, 0.1) is 11.8 Å². The molecule has 23 heavy (non-hydrogen) atoms. The molecule has 0 saturated carbocycles. The lowest BCUT2D eigenvalue weighted by atomic mass is 9.88. The molecule has 0 unspecified atom stereocenters. The van der Waals surface area contributed by atoms with Crippen LogP contribution < -0.4 is 0 Å². The summed E-state index contributed by atoms with van der Waals surface area (Å²) >= 11 is 0. The second kappa shape index (κ2) is 9.64. The van der Waals surface area contributed by atoms with Crippen LogP contribution in [0.25, 0.3) is 0 Å². The highest BCUT2D eigenvalue weighted by molar-refractivity contribution is 5.04. The van der Waals surface area contributed by atoms with Crippen LogP contribution in [0.4, 0.5) is 0 Å². The fourth-order valence-corrected chi connectivity index (χ4v) is 3.97. The number of nitrogens with zero attached hydrogens (tertiary/aromatic N) is 2. The van der Waals surface area contributed by atoms with E-state index in [9.17, 15) is 0 Å². The van der Waals surface area contributed by atoms with E-state index in [0.717, 1.165) is 11.8 Å². The van der Waals surface area contributed by atoms with E-state index in [4.69, 9.17) is 0 Å². The zero-order valence-corrected chi connectivity index (χ0v) is 16.0. The molecule has 132 valence electrons. The van der Waals surface area contributed by atoms with Crippen molar-refractivity contribution in [1.82, 2.24) is 9.80 Å². The van der Waals surface area contributed by atoms with Gasteiger partial charge >= 0.3 is 0 Å². The van der Waals surface area contributed by atoms with Gasteiger partial charge < -0.3 is 9.80 Å². The molecule has 0 saturated heterocycles. The first-order valence-corrected chi connectivity index (χ1v) is 9.71. The molecule has 2 aliphatic carbocycles. The van der Waals surface area contributed by atoms with Gasteiger partial charge in [-0.2, -0.15) is 0 Å². The molecule has 2 nitrogen and oxygen atoms in total. The lowest BCUT2D eigenvalue weighted by molar-refractivity contribution is 0.178. The van der Waals surface area contributed by atoms with E-state index in [1.165, 1.54) is 71.1 Å². The maximum atomic E-state index is 2.79. The molecule has 0 N–H and O–H groups in total. The molecular weight excluding hydrogens is 280 g/mol. The fraction of sp³-hybridized carbons (Fsp3) is 0.810. The summed E-state index contributed by atoms with van der Waals surface area (Å²) in [6.07, 6.45) is 14.3. The normalized spacial score (nSPS) is 25.7. The Morgan fingerprint density at radius 3 is 1.78 bits per heavy atom. The van der Waals surface area contributed by atoms with Crippen LogP contribution in [0.15, 0.2) is 23.3 Å². The van der Waals surface area contributed by atoms with E-state index in [-0.39, 0.29) is 0 Å². The van der Waals surface area contributed by atoms with Crippen molar-refractivity contribution in [2.45, 2.75) is 58.8 Å². The van der Waals surface area contributed by atoms with Crippen molar-refractivity contribution in [3.05, 3.63) is 23.3 Å². The smallest absolute Gasteiger partial charge is 0.00129 e. The third-order valence-electron chi connectivity index (χ3n) is 5.61. The molecule has 0 radical (unpaired) electrons. The molecule has 0 fully saturated rings. The van der Waals surface area contributed by atoms with Gasteiger partial charge in [-0.05, 0) is 97.8 Å². The maximum Gasteiger partial charge on any atom is 0.00129 e. The average molecular weight is 319 g/mol. The summed E-state index contributed by atoms with van der Waals surface area (Å²) in [6.45, 7) is 9.71. The predicted octanol–water partition coefficient (Wildman–Crippen LogP) is 4.73. The summed E-state index contributed by atoms with van der Waals surface area (Å²) in [6, 6.07) is 0. The molecule has 0 aliphatic heterocycles. The molecule has 0 aromatic rings. The van der Waals surface area contributed by atoms with Crippen molar-refractivity contribution in [3.63, 3.8) is 0 Å². The first kappa shape index (κ1) is 18.7. The number of allylic oxidation sites excluding steroid dienone is 4. The first-order chi connectivity index (χ1) is 11.0. The summed E-state index contributed by atoms with van der Waals surface area (Å²) in [5.74, 6) is 1.78. The highest BCUT2D eigenvalue weighted by Gasteiger charge is 2.20. The molecule has 0 bridgehead atoms. The second-order valence-corrected chi connectivity index (χ2v) is 8.30. The van der Waals surface area contributed by atoms with Crippen LogP contribution in [0.3, 0.4) is 0 Å². The Morgan fingerprint density at radius 2 is 1.39 bits per heavy atom. The van der Waals surface area contributed by atoms with Gasteiger partial charge in [-0.15, -0.1) is 0 Å². The second-order valence-electron chi connectivity index (χ2n) is 8.30. The molecule has 2 atom stereocenters. The molecule has 0 amide bonds. The zero-order chi connectivity index (χ0) is 16.7. The molecule has 2 heteroatoms. The number of hydrogen-bond acceptors (Lipinski definition) is 2. The topological polar surface area (TPSA) is 6.48 Å². The lowest BCUT2D eigenvalue weighted by Crippen LogP contribution is -2.36. The van der Waals surface area contributed by atoms with E-state index in [1.54, 1.807) is 11.1 Å². The van der Waals surface area contributed by atoms with E-state index in [0.29, 0.717) is 0 Å². The molecule has 2 aliphatic rings. The van der Waals surface area contributed by atoms with Gasteiger partial charge in [-0.1, -0.05) is 23.3 Å². The summed E-state index contributed by atoms with van der Waals surface area (Å²) in [5.41, 5.74) is 3.21. The summed E-state index contributed by atoms with van der Waals surface area (Å²) in [7, 11) is 4.38. The van der Waals surface area contributed by atoms with Crippen molar-refractivity contribution in [2.75, 3.05) is 40.3 Å². The minimum Gasteiger partial charge on any atom is -0.309 e. The van der Waals surface area contributed by atoms with Crippen LogP contribution in [0.2, 0.25) is 0 Å². The maximum absolute atomic E-state index is 2.79. The van der Waals surface area contributed by atoms with Crippen molar-refractivity contribution in [2.24, 2.45) is 11.8 Å². The van der Waals surface area contributed by atoms with Crippen LogP contribution in [-0.4, -0.2) is 50.1 Å². The third kappa shape index (κ3) is 7.22. The van der Waals surface area contributed by atoms with Crippen molar-refractivity contribution in [1.29, 1.82) is 0 Å². The van der Waals surface area contributed by atoms with E-state index in [1.807, 2.05) is 0 Å². The minimum absolute atomic E-state index is 0.888. The third-order valence-corrected chi connectivity index (χ3v) is 5.61. The quantitative estimate of drug-likeness (QED) is 0.597. The van der Waals surface area contributed by atoms with Gasteiger partial charge in [0.05, 0.1) is 0 Å². The summed E-state index contributed by atoms with van der Waals surface area (Å²) in [4.78, 5) is 5.11.